The van der Waals surface area contributed by atoms with E-state index in [1.165, 1.54) is 22.9 Å². The molecular formula is C22H27N3O2S. The summed E-state index contributed by atoms with van der Waals surface area (Å²) < 4.78 is 0. The summed E-state index contributed by atoms with van der Waals surface area (Å²) in [6.45, 7) is 2.68. The highest BCUT2D eigenvalue weighted by atomic mass is 32.2. The predicted molar refractivity (Wildman–Crippen MR) is 115 cm³/mol. The van der Waals surface area contributed by atoms with Crippen LogP contribution >= 0.6 is 11.8 Å². The van der Waals surface area contributed by atoms with E-state index in [0.29, 0.717) is 12.3 Å². The number of likely N-dealkylation sites (N-methyl/N-ethyl adjacent to an activating group) is 1. The van der Waals surface area contributed by atoms with Crippen molar-refractivity contribution in [2.75, 3.05) is 37.8 Å². The molecular weight excluding hydrogens is 370 g/mol. The summed E-state index contributed by atoms with van der Waals surface area (Å²) in [6, 6.07) is 16.3. The van der Waals surface area contributed by atoms with E-state index in [9.17, 15) is 9.59 Å². The molecule has 0 bridgehead atoms. The first-order valence-electron chi connectivity index (χ1n) is 9.53. The fourth-order valence-electron chi connectivity index (χ4n) is 3.31. The Kier molecular flexibility index (Phi) is 6.75. The Bertz CT molecular complexity index is 836. The average Bonchev–Trinajstić information content (AvgIpc) is 2.70. The number of rotatable bonds is 7. The molecule has 5 nitrogen and oxygen atoms in total. The zero-order valence-corrected chi connectivity index (χ0v) is 17.5. The monoisotopic (exact) mass is 397 g/mol. The maximum absolute atomic E-state index is 12.6. The van der Waals surface area contributed by atoms with Crippen LogP contribution in [0.2, 0.25) is 0 Å². The molecule has 0 aliphatic carbocycles. The number of thioether (sulfide) groups is 1. The van der Waals surface area contributed by atoms with E-state index in [4.69, 9.17) is 0 Å². The van der Waals surface area contributed by atoms with Gasteiger partial charge in [0.2, 0.25) is 11.8 Å². The summed E-state index contributed by atoms with van der Waals surface area (Å²) in [4.78, 5) is 29.7. The first-order valence-corrected chi connectivity index (χ1v) is 10.5. The lowest BCUT2D eigenvalue weighted by Crippen LogP contribution is -2.45. The molecule has 3 rings (SSSR count). The Labute approximate surface area is 171 Å². The lowest BCUT2D eigenvalue weighted by atomic mass is 10.0. The smallest absolute Gasteiger partial charge is 0.240 e. The molecule has 1 aliphatic rings. The van der Waals surface area contributed by atoms with Crippen molar-refractivity contribution in [3.8, 4) is 0 Å². The van der Waals surface area contributed by atoms with Crippen LogP contribution in [0.1, 0.15) is 24.1 Å². The Morgan fingerprint density at radius 2 is 1.89 bits per heavy atom. The van der Waals surface area contributed by atoms with Crippen molar-refractivity contribution in [1.82, 2.24) is 10.2 Å². The number of para-hydroxylation sites is 1. The van der Waals surface area contributed by atoms with E-state index in [-0.39, 0.29) is 24.4 Å². The highest BCUT2D eigenvalue weighted by Gasteiger charge is 2.26. The van der Waals surface area contributed by atoms with Crippen LogP contribution in [-0.2, 0) is 16.0 Å². The quantitative estimate of drug-likeness (QED) is 0.780. The molecule has 1 aliphatic heterocycles. The number of hydrogen-bond acceptors (Lipinski definition) is 4. The van der Waals surface area contributed by atoms with Gasteiger partial charge in [0.15, 0.2) is 0 Å². The molecule has 2 amide bonds. The number of anilines is 1. The van der Waals surface area contributed by atoms with Crippen LogP contribution in [0, 0.1) is 0 Å². The summed E-state index contributed by atoms with van der Waals surface area (Å²) in [7, 11) is 4.01. The van der Waals surface area contributed by atoms with Crippen LogP contribution in [0.25, 0.3) is 0 Å². The van der Waals surface area contributed by atoms with E-state index in [0.717, 1.165) is 17.0 Å². The molecule has 0 saturated heterocycles. The summed E-state index contributed by atoms with van der Waals surface area (Å²) in [5.74, 6) is 0.194. The van der Waals surface area contributed by atoms with Crippen molar-refractivity contribution in [3.05, 3.63) is 59.7 Å². The van der Waals surface area contributed by atoms with Gasteiger partial charge in [-0.1, -0.05) is 43.3 Å². The summed E-state index contributed by atoms with van der Waals surface area (Å²) in [5.41, 5.74) is 3.28. The van der Waals surface area contributed by atoms with Crippen molar-refractivity contribution < 1.29 is 9.59 Å². The largest absolute Gasteiger partial charge is 0.353 e. The van der Waals surface area contributed by atoms with Gasteiger partial charge in [0, 0.05) is 11.4 Å². The highest BCUT2D eigenvalue weighted by Crippen LogP contribution is 2.34. The molecule has 1 heterocycles. The predicted octanol–water partition coefficient (Wildman–Crippen LogP) is 3.11. The second kappa shape index (κ2) is 9.26. The number of carbonyl (C=O) groups is 2. The molecule has 0 fully saturated rings. The maximum atomic E-state index is 12.6. The lowest BCUT2D eigenvalue weighted by molar-refractivity contribution is -0.123. The van der Waals surface area contributed by atoms with Crippen LogP contribution in [0.3, 0.4) is 0 Å². The van der Waals surface area contributed by atoms with Gasteiger partial charge in [0.05, 0.1) is 17.5 Å². The number of fused-ring (bicyclic) bond motifs is 1. The van der Waals surface area contributed by atoms with E-state index in [1.807, 2.05) is 38.4 Å². The highest BCUT2D eigenvalue weighted by molar-refractivity contribution is 8.00. The number of aryl methyl sites for hydroxylation is 1. The van der Waals surface area contributed by atoms with Gasteiger partial charge in [-0.3, -0.25) is 9.59 Å². The fraction of sp³-hybridized carbons (Fsp3) is 0.364. The number of amides is 2. The first kappa shape index (κ1) is 20.4. The molecule has 148 valence electrons. The molecule has 1 atom stereocenters. The third-order valence-electron chi connectivity index (χ3n) is 5.00. The normalized spacial score (nSPS) is 14.7. The van der Waals surface area contributed by atoms with Gasteiger partial charge in [-0.05, 0) is 43.8 Å². The van der Waals surface area contributed by atoms with E-state index in [1.54, 1.807) is 4.90 Å². The molecule has 1 N–H and O–H groups in total. The van der Waals surface area contributed by atoms with Crippen molar-refractivity contribution >= 4 is 29.3 Å². The molecule has 0 saturated carbocycles. The van der Waals surface area contributed by atoms with E-state index >= 15 is 0 Å². The SMILES string of the molecule is CCc1ccc(C(CNC(=O)CN2C(=O)CSc3ccccc32)N(C)C)cc1. The Hall–Kier alpha value is -2.31. The maximum Gasteiger partial charge on any atom is 0.240 e. The standard InChI is InChI=1S/C22H27N3O2S/c1-4-16-9-11-17(12-10-16)19(24(2)3)13-23-21(26)14-25-18-7-5-6-8-20(18)28-15-22(25)27/h5-12,19H,4,13-15H2,1-3H3,(H,23,26). The number of carbonyl (C=O) groups excluding carboxylic acids is 2. The number of nitrogens with one attached hydrogen (secondary N) is 1. The van der Waals surface area contributed by atoms with Crippen LogP contribution in [-0.4, -0.2) is 49.7 Å². The second-order valence-corrected chi connectivity index (χ2v) is 8.13. The number of benzene rings is 2. The molecule has 28 heavy (non-hydrogen) atoms. The fourth-order valence-corrected chi connectivity index (χ4v) is 4.25. The minimum atomic E-state index is -0.146. The Balaban J connectivity index is 1.64. The topological polar surface area (TPSA) is 52.7 Å². The van der Waals surface area contributed by atoms with Crippen molar-refractivity contribution in [2.45, 2.75) is 24.3 Å². The van der Waals surface area contributed by atoms with Gasteiger partial charge in [0.25, 0.3) is 0 Å². The third-order valence-corrected chi connectivity index (χ3v) is 6.05. The number of nitrogens with zero attached hydrogens (tertiary/aromatic N) is 2. The molecule has 1 unspecified atom stereocenters. The molecule has 6 heteroatoms. The van der Waals surface area contributed by atoms with Gasteiger partial charge in [0.1, 0.15) is 6.54 Å². The zero-order valence-electron chi connectivity index (χ0n) is 16.6. The minimum Gasteiger partial charge on any atom is -0.353 e. The Morgan fingerprint density at radius 1 is 1.18 bits per heavy atom. The van der Waals surface area contributed by atoms with Crippen LogP contribution in [0.15, 0.2) is 53.4 Å². The van der Waals surface area contributed by atoms with Crippen LogP contribution in [0.5, 0.6) is 0 Å². The zero-order chi connectivity index (χ0) is 20.1. The van der Waals surface area contributed by atoms with E-state index < -0.39 is 0 Å². The first-order chi connectivity index (χ1) is 13.5. The summed E-state index contributed by atoms with van der Waals surface area (Å²) in [5, 5.41) is 3.01. The molecule has 0 spiro atoms. The third kappa shape index (κ3) is 4.75. The molecule has 0 radical (unpaired) electrons. The van der Waals surface area contributed by atoms with Crippen LogP contribution in [0.4, 0.5) is 5.69 Å². The van der Waals surface area contributed by atoms with Gasteiger partial charge in [-0.2, -0.15) is 0 Å². The van der Waals surface area contributed by atoms with Crippen molar-refractivity contribution in [1.29, 1.82) is 0 Å². The molecule has 2 aromatic rings. The Morgan fingerprint density at radius 3 is 2.57 bits per heavy atom. The summed E-state index contributed by atoms with van der Waals surface area (Å²) in [6.07, 6.45) is 1.01. The van der Waals surface area contributed by atoms with Gasteiger partial charge >= 0.3 is 0 Å². The average molecular weight is 398 g/mol. The summed E-state index contributed by atoms with van der Waals surface area (Å²) >= 11 is 1.52. The lowest BCUT2D eigenvalue weighted by Gasteiger charge is -2.29. The van der Waals surface area contributed by atoms with Crippen molar-refractivity contribution in [2.24, 2.45) is 0 Å². The second-order valence-electron chi connectivity index (χ2n) is 7.11. The number of hydrogen-bond donors (Lipinski definition) is 1. The molecule has 0 aromatic heterocycles. The van der Waals surface area contributed by atoms with E-state index in [2.05, 4.69) is 41.4 Å². The van der Waals surface area contributed by atoms with Crippen LogP contribution < -0.4 is 10.2 Å². The molecule has 2 aromatic carbocycles. The van der Waals surface area contributed by atoms with Gasteiger partial charge < -0.3 is 15.1 Å². The minimum absolute atomic E-state index is 0.0295. The van der Waals surface area contributed by atoms with Gasteiger partial charge in [-0.15, -0.1) is 11.8 Å². The van der Waals surface area contributed by atoms with Crippen molar-refractivity contribution in [3.63, 3.8) is 0 Å². The van der Waals surface area contributed by atoms with Gasteiger partial charge in [-0.25, -0.2) is 0 Å².